The summed E-state index contributed by atoms with van der Waals surface area (Å²) in [5.41, 5.74) is 0.460. The molecule has 0 aromatic heterocycles. The lowest BCUT2D eigenvalue weighted by Crippen LogP contribution is -2.31. The maximum atomic E-state index is 13.5. The van der Waals surface area contributed by atoms with Crippen molar-refractivity contribution in [2.75, 3.05) is 25.0 Å². The van der Waals surface area contributed by atoms with Crippen molar-refractivity contribution in [3.8, 4) is 0 Å². The lowest BCUT2D eigenvalue weighted by atomic mass is 10.1. The van der Waals surface area contributed by atoms with Gasteiger partial charge in [0, 0.05) is 13.1 Å². The molecule has 0 radical (unpaired) electrons. The maximum Gasteiger partial charge on any atom is 0.338 e. The second kappa shape index (κ2) is 9.62. The number of halogens is 1. The molecule has 0 saturated carbocycles. The lowest BCUT2D eigenvalue weighted by Gasteiger charge is -2.20. The fraction of sp³-hybridized carbons (Fsp3) is 0.300. The van der Waals surface area contributed by atoms with Crippen molar-refractivity contribution in [3.05, 3.63) is 59.4 Å². The van der Waals surface area contributed by atoms with Crippen LogP contribution in [0.15, 0.2) is 47.4 Å². The van der Waals surface area contributed by atoms with E-state index in [-0.39, 0.29) is 16.1 Å². The molecule has 0 heterocycles. The molecule has 1 amide bonds. The third-order valence-electron chi connectivity index (χ3n) is 4.23. The highest BCUT2D eigenvalue weighted by Crippen LogP contribution is 2.22. The summed E-state index contributed by atoms with van der Waals surface area (Å²) in [6.45, 7) is 5.03. The van der Waals surface area contributed by atoms with E-state index in [4.69, 9.17) is 4.74 Å². The minimum absolute atomic E-state index is 0.0000211. The molecule has 0 spiro atoms. The van der Waals surface area contributed by atoms with Crippen molar-refractivity contribution in [1.82, 2.24) is 4.31 Å². The number of ether oxygens (including phenoxy) is 1. The Kier molecular flexibility index (Phi) is 7.46. The Morgan fingerprint density at radius 2 is 1.76 bits per heavy atom. The number of carbonyl (C=O) groups is 2. The van der Waals surface area contributed by atoms with Gasteiger partial charge in [0.1, 0.15) is 5.82 Å². The van der Waals surface area contributed by atoms with Gasteiger partial charge in [0.15, 0.2) is 6.61 Å². The van der Waals surface area contributed by atoms with E-state index in [1.165, 1.54) is 40.7 Å². The predicted molar refractivity (Wildman–Crippen MR) is 107 cm³/mol. The number of nitrogens with zero attached hydrogens (tertiary/aromatic N) is 1. The smallest absolute Gasteiger partial charge is 0.338 e. The van der Waals surface area contributed by atoms with Gasteiger partial charge in [0.2, 0.25) is 10.0 Å². The summed E-state index contributed by atoms with van der Waals surface area (Å²) in [7, 11) is -3.76. The van der Waals surface area contributed by atoms with Gasteiger partial charge in [0.05, 0.1) is 16.1 Å². The Bertz CT molecular complexity index is 1000. The monoisotopic (exact) mass is 422 g/mol. The number of benzene rings is 2. The van der Waals surface area contributed by atoms with Crippen molar-refractivity contribution in [2.45, 2.75) is 25.7 Å². The van der Waals surface area contributed by atoms with E-state index < -0.39 is 34.3 Å². The SMILES string of the molecule is CCN(CC)S(=O)(=O)c1cc(C(=O)OCC(=O)Nc2ccccc2F)ccc1C. The molecule has 0 saturated heterocycles. The molecule has 156 valence electrons. The molecule has 0 bridgehead atoms. The van der Waals surface area contributed by atoms with Crippen molar-refractivity contribution < 1.29 is 27.1 Å². The number of hydrogen-bond donors (Lipinski definition) is 1. The number of para-hydroxylation sites is 1. The summed E-state index contributed by atoms with van der Waals surface area (Å²) in [6, 6.07) is 9.76. The second-order valence-electron chi connectivity index (χ2n) is 6.17. The minimum Gasteiger partial charge on any atom is -0.452 e. The fourth-order valence-electron chi connectivity index (χ4n) is 2.67. The molecule has 0 atom stereocenters. The predicted octanol–water partition coefficient (Wildman–Crippen LogP) is 2.96. The summed E-state index contributed by atoms with van der Waals surface area (Å²) < 4.78 is 45.3. The largest absolute Gasteiger partial charge is 0.452 e. The molecule has 0 aliphatic rings. The number of nitrogens with one attached hydrogen (secondary N) is 1. The highest BCUT2D eigenvalue weighted by molar-refractivity contribution is 7.89. The molecule has 7 nitrogen and oxygen atoms in total. The van der Waals surface area contributed by atoms with Crippen LogP contribution in [0.4, 0.5) is 10.1 Å². The summed E-state index contributed by atoms with van der Waals surface area (Å²) in [4.78, 5) is 24.2. The van der Waals surface area contributed by atoms with Gasteiger partial charge in [-0.2, -0.15) is 4.31 Å². The number of amides is 1. The van der Waals surface area contributed by atoms with Gasteiger partial charge < -0.3 is 10.1 Å². The highest BCUT2D eigenvalue weighted by atomic mass is 32.2. The molecule has 0 fully saturated rings. The number of hydrogen-bond acceptors (Lipinski definition) is 5. The highest BCUT2D eigenvalue weighted by Gasteiger charge is 2.25. The van der Waals surface area contributed by atoms with Crippen molar-refractivity contribution in [2.24, 2.45) is 0 Å². The standard InChI is InChI=1S/C20H23FN2O5S/c1-4-23(5-2)29(26,27)18-12-15(11-10-14(18)3)20(25)28-13-19(24)22-17-9-7-6-8-16(17)21/h6-12H,4-5,13H2,1-3H3,(H,22,24). The topological polar surface area (TPSA) is 92.8 Å². The van der Waals surface area contributed by atoms with Gasteiger partial charge in [-0.25, -0.2) is 17.6 Å². The van der Waals surface area contributed by atoms with Crippen molar-refractivity contribution in [3.63, 3.8) is 0 Å². The first kappa shape index (κ1) is 22.5. The molecule has 29 heavy (non-hydrogen) atoms. The van der Waals surface area contributed by atoms with Crippen LogP contribution in [0.1, 0.15) is 29.8 Å². The number of esters is 1. The van der Waals surface area contributed by atoms with Crippen molar-refractivity contribution in [1.29, 1.82) is 0 Å². The summed E-state index contributed by atoms with van der Waals surface area (Å²) in [5, 5.41) is 2.30. The quantitative estimate of drug-likeness (QED) is 0.661. The van der Waals surface area contributed by atoms with Gasteiger partial charge in [0.25, 0.3) is 5.91 Å². The molecule has 1 N–H and O–H groups in total. The van der Waals surface area contributed by atoms with Gasteiger partial charge >= 0.3 is 5.97 Å². The first-order chi connectivity index (χ1) is 13.7. The molecule has 2 aromatic carbocycles. The number of sulfonamides is 1. The third kappa shape index (κ3) is 5.39. The molecular formula is C20H23FN2O5S. The van der Waals surface area contributed by atoms with Crippen LogP contribution in [-0.4, -0.2) is 44.3 Å². The van der Waals surface area contributed by atoms with E-state index in [0.717, 1.165) is 0 Å². The van der Waals surface area contributed by atoms with Crippen LogP contribution in [0.25, 0.3) is 0 Å². The average Bonchev–Trinajstić information content (AvgIpc) is 2.69. The van der Waals surface area contributed by atoms with E-state index in [9.17, 15) is 22.4 Å². The van der Waals surface area contributed by atoms with E-state index in [0.29, 0.717) is 18.7 Å². The van der Waals surface area contributed by atoms with Crippen LogP contribution < -0.4 is 5.32 Å². The third-order valence-corrected chi connectivity index (χ3v) is 6.42. The van der Waals surface area contributed by atoms with E-state index in [1.807, 2.05) is 0 Å². The van der Waals surface area contributed by atoms with Crippen LogP contribution >= 0.6 is 0 Å². The Hall–Kier alpha value is -2.78. The molecular weight excluding hydrogens is 399 g/mol. The van der Waals surface area contributed by atoms with Crippen LogP contribution in [0.2, 0.25) is 0 Å². The number of carbonyl (C=O) groups excluding carboxylic acids is 2. The van der Waals surface area contributed by atoms with Crippen LogP contribution in [0, 0.1) is 12.7 Å². The van der Waals surface area contributed by atoms with Gasteiger partial charge in [-0.3, -0.25) is 4.79 Å². The number of aryl methyl sites for hydroxylation is 1. The Morgan fingerprint density at radius 3 is 2.38 bits per heavy atom. The Morgan fingerprint density at radius 1 is 1.10 bits per heavy atom. The van der Waals surface area contributed by atoms with E-state index in [2.05, 4.69) is 5.32 Å². The van der Waals surface area contributed by atoms with Gasteiger partial charge in [-0.15, -0.1) is 0 Å². The molecule has 2 aromatic rings. The zero-order valence-corrected chi connectivity index (χ0v) is 17.3. The van der Waals surface area contributed by atoms with E-state index >= 15 is 0 Å². The fourth-order valence-corrected chi connectivity index (χ4v) is 4.38. The summed E-state index contributed by atoms with van der Waals surface area (Å²) in [5.74, 6) is -2.19. The maximum absolute atomic E-state index is 13.5. The first-order valence-corrected chi connectivity index (χ1v) is 10.5. The molecule has 9 heteroatoms. The summed E-state index contributed by atoms with van der Waals surface area (Å²) in [6.07, 6.45) is 0. The molecule has 0 aliphatic heterocycles. The van der Waals surface area contributed by atoms with Crippen molar-refractivity contribution >= 4 is 27.6 Å². The number of rotatable bonds is 8. The zero-order valence-electron chi connectivity index (χ0n) is 16.4. The van der Waals surface area contributed by atoms with Gasteiger partial charge in [-0.1, -0.05) is 32.0 Å². The second-order valence-corrected chi connectivity index (χ2v) is 8.08. The lowest BCUT2D eigenvalue weighted by molar-refractivity contribution is -0.119. The summed E-state index contributed by atoms with van der Waals surface area (Å²) >= 11 is 0. The van der Waals surface area contributed by atoms with Crippen LogP contribution in [0.3, 0.4) is 0 Å². The normalized spacial score (nSPS) is 11.3. The average molecular weight is 422 g/mol. The zero-order chi connectivity index (χ0) is 21.6. The Labute approximate surface area is 169 Å². The molecule has 0 aliphatic carbocycles. The van der Waals surface area contributed by atoms with Gasteiger partial charge in [-0.05, 0) is 36.8 Å². The van der Waals surface area contributed by atoms with Crippen LogP contribution in [-0.2, 0) is 19.6 Å². The van der Waals surface area contributed by atoms with Crippen LogP contribution in [0.5, 0.6) is 0 Å². The molecule has 0 unspecified atom stereocenters. The molecule has 2 rings (SSSR count). The van der Waals surface area contributed by atoms with E-state index in [1.54, 1.807) is 26.8 Å². The first-order valence-electron chi connectivity index (χ1n) is 9.03. The number of anilines is 1. The Balaban J connectivity index is 2.12. The minimum atomic E-state index is -3.76.